The number of benzene rings is 2. The molecule has 0 fully saturated rings. The Labute approximate surface area is 155 Å². The van der Waals surface area contributed by atoms with Crippen molar-refractivity contribution in [3.05, 3.63) is 65.2 Å². The third-order valence-electron chi connectivity index (χ3n) is 4.31. The van der Waals surface area contributed by atoms with Crippen LogP contribution in [0, 0.1) is 0 Å². The lowest BCUT2D eigenvalue weighted by molar-refractivity contribution is -0.138. The molecule has 1 unspecified atom stereocenters. The summed E-state index contributed by atoms with van der Waals surface area (Å²) < 4.78 is 5.23. The second kappa shape index (κ2) is 7.61. The number of carboxylic acids is 1. The molecule has 0 bridgehead atoms. The van der Waals surface area contributed by atoms with Gasteiger partial charge in [0.25, 0.3) is 5.91 Å². The van der Waals surface area contributed by atoms with Crippen molar-refractivity contribution in [1.29, 1.82) is 0 Å². The van der Waals surface area contributed by atoms with Crippen molar-refractivity contribution >= 4 is 30.4 Å². The Kier molecular flexibility index (Phi) is 5.25. The molecule has 3 rings (SSSR count). The first kappa shape index (κ1) is 18.6. The van der Waals surface area contributed by atoms with E-state index in [1.807, 2.05) is 0 Å². The molecule has 0 saturated carbocycles. The highest BCUT2D eigenvalue weighted by molar-refractivity contribution is 6.62. The Morgan fingerprint density at radius 3 is 2.52 bits per heavy atom. The number of fused-ring (bicyclic) bond motifs is 1. The predicted octanol–water partition coefficient (Wildman–Crippen LogP) is -0.123. The van der Waals surface area contributed by atoms with E-state index in [1.165, 1.54) is 18.2 Å². The number of primary amides is 1. The summed E-state index contributed by atoms with van der Waals surface area (Å²) in [6.45, 7) is 0. The normalized spacial score (nSPS) is 16.5. The zero-order chi connectivity index (χ0) is 19.6. The van der Waals surface area contributed by atoms with Crippen LogP contribution in [0.5, 0.6) is 0 Å². The number of aliphatic carboxylic acids is 1. The van der Waals surface area contributed by atoms with Gasteiger partial charge in [0, 0.05) is 5.56 Å². The largest absolute Gasteiger partial charge is 0.492 e. The number of hydrogen-bond donors (Lipinski definition) is 4. The molecule has 2 atom stereocenters. The summed E-state index contributed by atoms with van der Waals surface area (Å²) in [6, 6.07) is 12.0. The van der Waals surface area contributed by atoms with Gasteiger partial charge in [-0.1, -0.05) is 36.4 Å². The molecule has 0 radical (unpaired) electrons. The minimum absolute atomic E-state index is 0.189. The van der Waals surface area contributed by atoms with Crippen LogP contribution < -0.4 is 16.5 Å². The number of carbonyl (C=O) groups is 3. The minimum atomic E-state index is -1.32. The van der Waals surface area contributed by atoms with E-state index in [9.17, 15) is 19.4 Å². The van der Waals surface area contributed by atoms with Crippen LogP contribution in [0.25, 0.3) is 0 Å². The average Bonchev–Trinajstić information content (AvgIpc) is 2.94. The third-order valence-corrected chi connectivity index (χ3v) is 4.31. The summed E-state index contributed by atoms with van der Waals surface area (Å²) >= 11 is 0. The molecule has 1 aliphatic rings. The van der Waals surface area contributed by atoms with E-state index < -0.39 is 37.0 Å². The van der Waals surface area contributed by atoms with Crippen LogP contribution in [-0.2, 0) is 14.2 Å². The van der Waals surface area contributed by atoms with Gasteiger partial charge in [-0.15, -0.1) is 0 Å². The SMILES string of the molecule is NC(=O)[C@H](NC(=O)c1ccc2c(c1)B(O)OC2CC(=O)O)c1ccccc1. The smallest absolute Gasteiger partial charge is 0.481 e. The van der Waals surface area contributed by atoms with E-state index in [2.05, 4.69) is 5.32 Å². The molecule has 2 aromatic rings. The average molecular weight is 368 g/mol. The van der Waals surface area contributed by atoms with Crippen molar-refractivity contribution in [3.63, 3.8) is 0 Å². The minimum Gasteiger partial charge on any atom is -0.481 e. The van der Waals surface area contributed by atoms with Gasteiger partial charge in [-0.2, -0.15) is 0 Å². The molecule has 1 aliphatic heterocycles. The summed E-state index contributed by atoms with van der Waals surface area (Å²) in [4.78, 5) is 35.2. The van der Waals surface area contributed by atoms with Crippen molar-refractivity contribution in [2.45, 2.75) is 18.6 Å². The van der Waals surface area contributed by atoms with Crippen LogP contribution in [0.4, 0.5) is 0 Å². The van der Waals surface area contributed by atoms with Crippen molar-refractivity contribution in [2.24, 2.45) is 5.73 Å². The number of amides is 2. The van der Waals surface area contributed by atoms with Gasteiger partial charge in [-0.25, -0.2) is 0 Å². The monoisotopic (exact) mass is 368 g/mol. The van der Waals surface area contributed by atoms with Gasteiger partial charge in [0.05, 0.1) is 12.5 Å². The molecule has 8 nitrogen and oxygen atoms in total. The fourth-order valence-electron chi connectivity index (χ4n) is 3.02. The van der Waals surface area contributed by atoms with Crippen LogP contribution in [0.2, 0.25) is 0 Å². The summed E-state index contributed by atoms with van der Waals surface area (Å²) in [7, 11) is -1.32. The molecule has 0 saturated heterocycles. The fraction of sp³-hybridized carbons (Fsp3) is 0.167. The first-order valence-electron chi connectivity index (χ1n) is 8.21. The van der Waals surface area contributed by atoms with E-state index >= 15 is 0 Å². The summed E-state index contributed by atoms with van der Waals surface area (Å²) in [5.74, 6) is -2.33. The first-order valence-corrected chi connectivity index (χ1v) is 8.21. The first-order chi connectivity index (χ1) is 12.9. The maximum atomic E-state index is 12.6. The second-order valence-corrected chi connectivity index (χ2v) is 6.14. The van der Waals surface area contributed by atoms with Gasteiger partial charge < -0.3 is 25.8 Å². The summed E-state index contributed by atoms with van der Waals surface area (Å²) in [6.07, 6.45) is -1.08. The van der Waals surface area contributed by atoms with Gasteiger partial charge in [0.15, 0.2) is 0 Å². The highest BCUT2D eigenvalue weighted by Crippen LogP contribution is 2.27. The molecule has 2 aromatic carbocycles. The molecule has 2 amide bonds. The van der Waals surface area contributed by atoms with Crippen molar-refractivity contribution < 1.29 is 29.2 Å². The Hall–Kier alpha value is -3.17. The molecule has 5 N–H and O–H groups in total. The maximum absolute atomic E-state index is 12.6. The summed E-state index contributed by atoms with van der Waals surface area (Å²) in [5.41, 5.74) is 6.97. The molecular formula is C18H17BN2O6. The number of hydrogen-bond acceptors (Lipinski definition) is 5. The molecule has 1 heterocycles. The molecule has 27 heavy (non-hydrogen) atoms. The van der Waals surface area contributed by atoms with E-state index in [0.29, 0.717) is 16.6 Å². The number of carbonyl (C=O) groups excluding carboxylic acids is 2. The lowest BCUT2D eigenvalue weighted by Gasteiger charge is -2.16. The van der Waals surface area contributed by atoms with E-state index in [-0.39, 0.29) is 12.0 Å². The Balaban J connectivity index is 1.82. The molecular weight excluding hydrogens is 351 g/mol. The van der Waals surface area contributed by atoms with Gasteiger partial charge >= 0.3 is 13.1 Å². The topological polar surface area (TPSA) is 139 Å². The molecule has 0 aliphatic carbocycles. The Morgan fingerprint density at radius 2 is 1.89 bits per heavy atom. The van der Waals surface area contributed by atoms with Gasteiger partial charge in [-0.05, 0) is 28.7 Å². The maximum Gasteiger partial charge on any atom is 0.492 e. The zero-order valence-corrected chi connectivity index (χ0v) is 14.2. The highest BCUT2D eigenvalue weighted by Gasteiger charge is 2.36. The van der Waals surface area contributed by atoms with E-state index in [1.54, 1.807) is 30.3 Å². The fourth-order valence-corrected chi connectivity index (χ4v) is 3.02. The van der Waals surface area contributed by atoms with Crippen molar-refractivity contribution in [3.8, 4) is 0 Å². The number of nitrogens with two attached hydrogens (primary N) is 1. The van der Waals surface area contributed by atoms with Crippen LogP contribution in [0.1, 0.15) is 40.1 Å². The number of carboxylic acid groups (broad SMARTS) is 1. The lowest BCUT2D eigenvalue weighted by atomic mass is 9.78. The highest BCUT2D eigenvalue weighted by atomic mass is 16.5. The molecule has 9 heteroatoms. The quantitative estimate of drug-likeness (QED) is 0.524. The Bertz CT molecular complexity index is 889. The number of rotatable bonds is 6. The molecule has 0 spiro atoms. The predicted molar refractivity (Wildman–Crippen MR) is 96.0 cm³/mol. The van der Waals surface area contributed by atoms with Gasteiger partial charge in [0.2, 0.25) is 5.91 Å². The van der Waals surface area contributed by atoms with E-state index in [0.717, 1.165) is 0 Å². The second-order valence-electron chi connectivity index (χ2n) is 6.14. The van der Waals surface area contributed by atoms with Crippen molar-refractivity contribution in [2.75, 3.05) is 0 Å². The standard InChI is InChI=1S/C18H17BN2O6/c20-17(24)16(10-4-2-1-3-5-10)21-18(25)11-6-7-12-13(8-11)19(26)27-14(12)9-15(22)23/h1-8,14,16,26H,9H2,(H2,20,24)(H,21,25)(H,22,23)/t14?,16-/m1/s1. The van der Waals surface area contributed by atoms with Crippen molar-refractivity contribution in [1.82, 2.24) is 5.32 Å². The number of nitrogens with one attached hydrogen (secondary N) is 1. The molecule has 0 aromatic heterocycles. The van der Waals surface area contributed by atoms with Gasteiger partial charge in [0.1, 0.15) is 6.04 Å². The lowest BCUT2D eigenvalue weighted by Crippen LogP contribution is -2.38. The van der Waals surface area contributed by atoms with Gasteiger partial charge in [-0.3, -0.25) is 14.4 Å². The molecule has 138 valence electrons. The zero-order valence-electron chi connectivity index (χ0n) is 14.2. The van der Waals surface area contributed by atoms with E-state index in [4.69, 9.17) is 15.5 Å². The van der Waals surface area contributed by atoms with Crippen LogP contribution >= 0.6 is 0 Å². The van der Waals surface area contributed by atoms with Crippen LogP contribution in [0.3, 0.4) is 0 Å². The van der Waals surface area contributed by atoms with Crippen LogP contribution in [-0.4, -0.2) is 35.0 Å². The third kappa shape index (κ3) is 3.99. The Morgan fingerprint density at radius 1 is 1.19 bits per heavy atom. The van der Waals surface area contributed by atoms with Crippen LogP contribution in [0.15, 0.2) is 48.5 Å². The summed E-state index contributed by atoms with van der Waals surface area (Å²) in [5, 5.41) is 21.5.